The van der Waals surface area contributed by atoms with E-state index in [-0.39, 0.29) is 18.1 Å². The maximum absolute atomic E-state index is 11.6. The van der Waals surface area contributed by atoms with Crippen LogP contribution in [0.1, 0.15) is 31.4 Å². The van der Waals surface area contributed by atoms with Gasteiger partial charge in [0, 0.05) is 6.04 Å². The van der Waals surface area contributed by atoms with Gasteiger partial charge < -0.3 is 9.47 Å². The van der Waals surface area contributed by atoms with Gasteiger partial charge in [-0.1, -0.05) is 12.1 Å². The zero-order valence-corrected chi connectivity index (χ0v) is 10.8. The topological polar surface area (TPSA) is 47.6 Å². The Hall–Kier alpha value is -1.55. The number of benzene rings is 1. The molecule has 0 amide bonds. The van der Waals surface area contributed by atoms with Crippen LogP contribution in [0, 0.1) is 0 Å². The molecular formula is C14H19NO3. The Balaban J connectivity index is 1.97. The molecule has 2 unspecified atom stereocenters. The first-order valence-corrected chi connectivity index (χ1v) is 6.31. The van der Waals surface area contributed by atoms with Crippen molar-refractivity contribution in [1.29, 1.82) is 0 Å². The third-order valence-corrected chi connectivity index (χ3v) is 3.24. The van der Waals surface area contributed by atoms with E-state index in [9.17, 15) is 4.79 Å². The minimum absolute atomic E-state index is 0.145. The first-order chi connectivity index (χ1) is 8.74. The number of carbonyl (C=O) groups excluding carboxylic acids is 1. The van der Waals surface area contributed by atoms with Gasteiger partial charge in [0.25, 0.3) is 0 Å². The molecule has 2 rings (SSSR count). The van der Waals surface area contributed by atoms with Gasteiger partial charge in [0.2, 0.25) is 0 Å². The third-order valence-electron chi connectivity index (χ3n) is 3.24. The van der Waals surface area contributed by atoms with Gasteiger partial charge in [0.05, 0.1) is 13.7 Å². The number of esters is 1. The summed E-state index contributed by atoms with van der Waals surface area (Å²) in [5, 5.41) is 3.31. The first kappa shape index (κ1) is 12.9. The van der Waals surface area contributed by atoms with Gasteiger partial charge >= 0.3 is 5.97 Å². The molecule has 1 aliphatic heterocycles. The second kappa shape index (κ2) is 5.87. The third kappa shape index (κ3) is 2.82. The lowest BCUT2D eigenvalue weighted by molar-refractivity contribution is -0.145. The van der Waals surface area contributed by atoms with E-state index in [1.165, 1.54) is 5.56 Å². The highest BCUT2D eigenvalue weighted by molar-refractivity contribution is 5.76. The molecular weight excluding hydrogens is 230 g/mol. The van der Waals surface area contributed by atoms with E-state index in [1.807, 2.05) is 31.2 Å². The van der Waals surface area contributed by atoms with Crippen LogP contribution in [0.5, 0.6) is 5.75 Å². The number of methoxy groups -OCH3 is 1. The van der Waals surface area contributed by atoms with Gasteiger partial charge in [-0.05, 0) is 37.5 Å². The highest BCUT2D eigenvalue weighted by atomic mass is 16.5. The van der Waals surface area contributed by atoms with E-state index in [4.69, 9.17) is 9.47 Å². The normalized spacial score (nSPS) is 22.8. The first-order valence-electron chi connectivity index (χ1n) is 6.31. The predicted molar refractivity (Wildman–Crippen MR) is 68.5 cm³/mol. The van der Waals surface area contributed by atoms with Crippen LogP contribution in [0.2, 0.25) is 0 Å². The number of hydrogen-bond donors (Lipinski definition) is 1. The molecule has 2 atom stereocenters. The molecule has 0 aromatic heterocycles. The second-order valence-electron chi connectivity index (χ2n) is 4.37. The molecule has 1 aromatic carbocycles. The van der Waals surface area contributed by atoms with Crippen molar-refractivity contribution < 1.29 is 14.3 Å². The fourth-order valence-electron chi connectivity index (χ4n) is 2.27. The molecule has 0 spiro atoms. The summed E-state index contributed by atoms with van der Waals surface area (Å²) < 4.78 is 10.2. The Morgan fingerprint density at radius 1 is 1.33 bits per heavy atom. The van der Waals surface area contributed by atoms with Gasteiger partial charge in [0.15, 0.2) is 0 Å². The summed E-state index contributed by atoms with van der Waals surface area (Å²) in [5.41, 5.74) is 1.18. The van der Waals surface area contributed by atoms with E-state index in [0.717, 1.165) is 18.6 Å². The molecule has 4 heteroatoms. The molecule has 1 aliphatic rings. The summed E-state index contributed by atoms with van der Waals surface area (Å²) in [6.45, 7) is 2.26. The van der Waals surface area contributed by atoms with E-state index in [1.54, 1.807) is 7.11 Å². The summed E-state index contributed by atoms with van der Waals surface area (Å²) in [5.74, 6) is 0.701. The van der Waals surface area contributed by atoms with Crippen molar-refractivity contribution in [2.75, 3.05) is 13.7 Å². The SMILES string of the molecule is CCOC(=O)C1CCC(c2ccc(OC)cc2)N1. The van der Waals surface area contributed by atoms with Crippen LogP contribution in [0.4, 0.5) is 0 Å². The largest absolute Gasteiger partial charge is 0.497 e. The monoisotopic (exact) mass is 249 g/mol. The summed E-state index contributed by atoms with van der Waals surface area (Å²) in [6, 6.07) is 8.00. The lowest BCUT2D eigenvalue weighted by atomic mass is 10.1. The maximum Gasteiger partial charge on any atom is 0.323 e. The second-order valence-corrected chi connectivity index (χ2v) is 4.37. The molecule has 0 radical (unpaired) electrons. The molecule has 1 heterocycles. The van der Waals surface area contributed by atoms with Crippen molar-refractivity contribution in [3.05, 3.63) is 29.8 Å². The fourth-order valence-corrected chi connectivity index (χ4v) is 2.27. The van der Waals surface area contributed by atoms with Crippen LogP contribution >= 0.6 is 0 Å². The molecule has 1 N–H and O–H groups in total. The smallest absolute Gasteiger partial charge is 0.323 e. The highest BCUT2D eigenvalue weighted by Crippen LogP contribution is 2.28. The van der Waals surface area contributed by atoms with Crippen LogP contribution < -0.4 is 10.1 Å². The zero-order valence-electron chi connectivity index (χ0n) is 10.8. The van der Waals surface area contributed by atoms with E-state index >= 15 is 0 Å². The van der Waals surface area contributed by atoms with Gasteiger partial charge in [-0.2, -0.15) is 0 Å². The minimum atomic E-state index is -0.169. The Morgan fingerprint density at radius 3 is 2.67 bits per heavy atom. The quantitative estimate of drug-likeness (QED) is 0.830. The van der Waals surface area contributed by atoms with E-state index in [0.29, 0.717) is 6.61 Å². The number of hydrogen-bond acceptors (Lipinski definition) is 4. The van der Waals surface area contributed by atoms with Crippen molar-refractivity contribution in [2.45, 2.75) is 31.8 Å². The summed E-state index contributed by atoms with van der Waals surface area (Å²) in [7, 11) is 1.65. The van der Waals surface area contributed by atoms with Crippen molar-refractivity contribution in [3.63, 3.8) is 0 Å². The van der Waals surface area contributed by atoms with Gasteiger partial charge in [-0.3, -0.25) is 10.1 Å². The number of carbonyl (C=O) groups is 1. The number of nitrogens with one attached hydrogen (secondary N) is 1. The Kier molecular flexibility index (Phi) is 4.20. The van der Waals surface area contributed by atoms with Gasteiger partial charge in [-0.25, -0.2) is 0 Å². The number of ether oxygens (including phenoxy) is 2. The maximum atomic E-state index is 11.6. The average Bonchev–Trinajstić information content (AvgIpc) is 2.89. The molecule has 4 nitrogen and oxygen atoms in total. The van der Waals surface area contributed by atoms with Crippen LogP contribution in [0.15, 0.2) is 24.3 Å². The summed E-state index contributed by atoms with van der Waals surface area (Å²) in [4.78, 5) is 11.6. The molecule has 0 aliphatic carbocycles. The Morgan fingerprint density at radius 2 is 2.06 bits per heavy atom. The van der Waals surface area contributed by atoms with Crippen LogP contribution in [0.25, 0.3) is 0 Å². The average molecular weight is 249 g/mol. The van der Waals surface area contributed by atoms with E-state index in [2.05, 4.69) is 5.32 Å². The molecule has 0 saturated carbocycles. The van der Waals surface area contributed by atoms with Crippen molar-refractivity contribution in [1.82, 2.24) is 5.32 Å². The highest BCUT2D eigenvalue weighted by Gasteiger charge is 2.30. The fraction of sp³-hybridized carbons (Fsp3) is 0.500. The molecule has 1 saturated heterocycles. The Bertz CT molecular complexity index is 402. The van der Waals surface area contributed by atoms with Gasteiger partial charge in [0.1, 0.15) is 11.8 Å². The van der Waals surface area contributed by atoms with Crippen LogP contribution in [-0.4, -0.2) is 25.7 Å². The van der Waals surface area contributed by atoms with Crippen LogP contribution in [0.3, 0.4) is 0 Å². The lowest BCUT2D eigenvalue weighted by Gasteiger charge is -2.14. The van der Waals surface area contributed by atoms with Crippen molar-refractivity contribution in [2.24, 2.45) is 0 Å². The van der Waals surface area contributed by atoms with Gasteiger partial charge in [-0.15, -0.1) is 0 Å². The molecule has 98 valence electrons. The van der Waals surface area contributed by atoms with Crippen molar-refractivity contribution >= 4 is 5.97 Å². The summed E-state index contributed by atoms with van der Waals surface area (Å²) in [6.07, 6.45) is 1.78. The van der Waals surface area contributed by atoms with E-state index < -0.39 is 0 Å². The van der Waals surface area contributed by atoms with Crippen LogP contribution in [-0.2, 0) is 9.53 Å². The predicted octanol–water partition coefficient (Wildman–Crippen LogP) is 2.05. The molecule has 18 heavy (non-hydrogen) atoms. The standard InChI is InChI=1S/C14H19NO3/c1-3-18-14(16)13-9-8-12(15-13)10-4-6-11(17-2)7-5-10/h4-7,12-13,15H,3,8-9H2,1-2H3. The number of rotatable bonds is 4. The lowest BCUT2D eigenvalue weighted by Crippen LogP contribution is -2.33. The molecule has 0 bridgehead atoms. The molecule has 1 aromatic rings. The molecule has 1 fully saturated rings. The Labute approximate surface area is 107 Å². The summed E-state index contributed by atoms with van der Waals surface area (Å²) >= 11 is 0. The van der Waals surface area contributed by atoms with Crippen molar-refractivity contribution in [3.8, 4) is 5.75 Å². The minimum Gasteiger partial charge on any atom is -0.497 e. The zero-order chi connectivity index (χ0) is 13.0.